The van der Waals surface area contributed by atoms with Crippen molar-refractivity contribution in [3.05, 3.63) is 94.2 Å². The number of aromatic nitrogens is 2. The fraction of sp³-hybridized carbons (Fsp3) is 0.261. The number of nitrogens with zero attached hydrogens (tertiary/aromatic N) is 3. The van der Waals surface area contributed by atoms with Crippen molar-refractivity contribution < 1.29 is 9.18 Å². The van der Waals surface area contributed by atoms with E-state index in [1.54, 1.807) is 24.4 Å². The summed E-state index contributed by atoms with van der Waals surface area (Å²) in [5.41, 5.74) is 2.43. The first-order valence-corrected chi connectivity index (χ1v) is 9.97. The van der Waals surface area contributed by atoms with Crippen molar-refractivity contribution in [3.63, 3.8) is 0 Å². The number of halogens is 1. The van der Waals surface area contributed by atoms with Gasteiger partial charge in [-0.15, -0.1) is 0 Å². The highest BCUT2D eigenvalue weighted by Gasteiger charge is 2.28. The highest BCUT2D eigenvalue weighted by Crippen LogP contribution is 2.22. The maximum absolute atomic E-state index is 13.0. The van der Waals surface area contributed by atoms with Crippen molar-refractivity contribution in [2.24, 2.45) is 5.92 Å². The third-order valence-electron chi connectivity index (χ3n) is 5.33. The molecule has 1 aliphatic rings. The molecule has 2 aromatic carbocycles. The van der Waals surface area contributed by atoms with Crippen molar-refractivity contribution in [2.45, 2.75) is 19.5 Å². The van der Waals surface area contributed by atoms with Crippen LogP contribution in [0.3, 0.4) is 0 Å². The van der Waals surface area contributed by atoms with Crippen LogP contribution in [0.5, 0.6) is 0 Å². The third kappa shape index (κ3) is 4.74. The first-order valence-electron chi connectivity index (χ1n) is 9.97. The average molecular weight is 406 g/mol. The zero-order valence-electron chi connectivity index (χ0n) is 16.5. The molecule has 1 atom stereocenters. The summed E-state index contributed by atoms with van der Waals surface area (Å²) in [7, 11) is 0. The smallest absolute Gasteiger partial charge is 0.269 e. The van der Waals surface area contributed by atoms with Gasteiger partial charge in [-0.05, 0) is 29.7 Å². The predicted octanol–water partition coefficient (Wildman–Crippen LogP) is 2.57. The Morgan fingerprint density at radius 3 is 2.60 bits per heavy atom. The van der Waals surface area contributed by atoms with Crippen molar-refractivity contribution in [2.75, 3.05) is 18.0 Å². The summed E-state index contributed by atoms with van der Waals surface area (Å²) >= 11 is 0. The van der Waals surface area contributed by atoms with Gasteiger partial charge in [-0.1, -0.05) is 42.5 Å². The van der Waals surface area contributed by atoms with E-state index in [0.29, 0.717) is 32.6 Å². The Hall–Kier alpha value is -3.48. The van der Waals surface area contributed by atoms with E-state index in [1.165, 1.54) is 16.8 Å². The van der Waals surface area contributed by atoms with Gasteiger partial charge in [0.1, 0.15) is 5.82 Å². The van der Waals surface area contributed by atoms with E-state index >= 15 is 0 Å². The molecule has 0 bridgehead atoms. The molecule has 0 radical (unpaired) electrons. The molecule has 1 saturated heterocycles. The van der Waals surface area contributed by atoms with Crippen LogP contribution < -0.4 is 15.8 Å². The summed E-state index contributed by atoms with van der Waals surface area (Å²) in [5.74, 6) is -0.486. The van der Waals surface area contributed by atoms with Crippen LogP contribution in [-0.4, -0.2) is 28.8 Å². The lowest BCUT2D eigenvalue weighted by molar-refractivity contribution is -0.124. The van der Waals surface area contributed by atoms with E-state index in [-0.39, 0.29) is 23.2 Å². The number of carbonyl (C=O) groups is 1. The first-order chi connectivity index (χ1) is 14.6. The molecular formula is C23H23FN4O2. The minimum Gasteiger partial charge on any atom is -0.369 e. The molecule has 1 N–H and O–H groups in total. The maximum Gasteiger partial charge on any atom is 0.269 e. The second-order valence-electron chi connectivity index (χ2n) is 7.47. The van der Waals surface area contributed by atoms with Gasteiger partial charge >= 0.3 is 0 Å². The molecule has 1 unspecified atom stereocenters. The number of hydrogen-bond acceptors (Lipinski definition) is 4. The van der Waals surface area contributed by atoms with E-state index in [1.807, 2.05) is 35.2 Å². The zero-order chi connectivity index (χ0) is 20.9. The largest absolute Gasteiger partial charge is 0.369 e. The van der Waals surface area contributed by atoms with Gasteiger partial charge in [-0.25, -0.2) is 9.07 Å². The Bertz CT molecular complexity index is 1070. The van der Waals surface area contributed by atoms with Gasteiger partial charge in [0.15, 0.2) is 0 Å². The fourth-order valence-corrected chi connectivity index (χ4v) is 3.62. The highest BCUT2D eigenvalue weighted by molar-refractivity contribution is 5.80. The molecule has 1 aliphatic heterocycles. The third-order valence-corrected chi connectivity index (χ3v) is 5.33. The molecule has 1 fully saturated rings. The van der Waals surface area contributed by atoms with Crippen LogP contribution in [-0.2, 0) is 17.9 Å². The maximum atomic E-state index is 13.0. The summed E-state index contributed by atoms with van der Waals surface area (Å²) < 4.78 is 14.4. The molecule has 6 nitrogen and oxygen atoms in total. The number of rotatable bonds is 6. The number of benzene rings is 2. The van der Waals surface area contributed by atoms with Crippen LogP contribution in [0, 0.1) is 11.7 Å². The van der Waals surface area contributed by atoms with E-state index in [9.17, 15) is 14.0 Å². The predicted molar refractivity (Wildman–Crippen MR) is 113 cm³/mol. The molecule has 0 saturated carbocycles. The Balaban J connectivity index is 1.34. The number of amides is 1. The molecular weight excluding hydrogens is 383 g/mol. The fourth-order valence-electron chi connectivity index (χ4n) is 3.62. The van der Waals surface area contributed by atoms with Crippen molar-refractivity contribution in [1.82, 2.24) is 15.1 Å². The minimum absolute atomic E-state index is 0.0350. The Kier molecular flexibility index (Phi) is 5.88. The summed E-state index contributed by atoms with van der Waals surface area (Å²) in [5, 5.41) is 7.21. The monoisotopic (exact) mass is 406 g/mol. The molecule has 30 heavy (non-hydrogen) atoms. The molecule has 1 amide bonds. The lowest BCUT2D eigenvalue weighted by Gasteiger charge is -2.18. The van der Waals surface area contributed by atoms with Crippen LogP contribution in [0.4, 0.5) is 10.1 Å². The standard InChI is InChI=1S/C23H23FN4O2/c24-20-8-6-17(7-9-20)13-25-23(30)19-10-11-27(16-19)21-12-22(29)28(26-14-21)15-18-4-2-1-3-5-18/h1-9,12,14,19H,10-11,13,15-16H2,(H,25,30). The Morgan fingerprint density at radius 1 is 1.10 bits per heavy atom. The van der Waals surface area contributed by atoms with Crippen molar-refractivity contribution >= 4 is 11.6 Å². The van der Waals surface area contributed by atoms with E-state index in [2.05, 4.69) is 10.4 Å². The Morgan fingerprint density at radius 2 is 1.87 bits per heavy atom. The van der Waals surface area contributed by atoms with Gasteiger partial charge in [-0.3, -0.25) is 9.59 Å². The second kappa shape index (κ2) is 8.90. The van der Waals surface area contributed by atoms with Gasteiger partial charge < -0.3 is 10.2 Å². The van der Waals surface area contributed by atoms with Gasteiger partial charge in [0, 0.05) is 25.7 Å². The zero-order valence-corrected chi connectivity index (χ0v) is 16.5. The number of anilines is 1. The van der Waals surface area contributed by atoms with Crippen LogP contribution in [0.25, 0.3) is 0 Å². The Labute approximate surface area is 174 Å². The van der Waals surface area contributed by atoms with E-state index < -0.39 is 0 Å². The lowest BCUT2D eigenvalue weighted by atomic mass is 10.1. The topological polar surface area (TPSA) is 67.2 Å². The highest BCUT2D eigenvalue weighted by atomic mass is 19.1. The average Bonchev–Trinajstić information content (AvgIpc) is 3.26. The van der Waals surface area contributed by atoms with Gasteiger partial charge in [0.05, 0.1) is 24.3 Å². The molecule has 0 spiro atoms. The quantitative estimate of drug-likeness (QED) is 0.683. The normalized spacial score (nSPS) is 15.9. The molecule has 3 aromatic rings. The number of hydrogen-bond donors (Lipinski definition) is 1. The van der Waals surface area contributed by atoms with Crippen LogP contribution in [0.2, 0.25) is 0 Å². The number of nitrogens with one attached hydrogen (secondary N) is 1. The first kappa shape index (κ1) is 19.8. The van der Waals surface area contributed by atoms with Gasteiger partial charge in [0.25, 0.3) is 5.56 Å². The summed E-state index contributed by atoms with van der Waals surface area (Å²) in [6, 6.07) is 17.4. The van der Waals surface area contributed by atoms with E-state index in [4.69, 9.17) is 0 Å². The van der Waals surface area contributed by atoms with E-state index in [0.717, 1.165) is 16.8 Å². The SMILES string of the molecule is O=C(NCc1ccc(F)cc1)C1CCN(c2cnn(Cc3ccccc3)c(=O)c2)C1. The molecule has 2 heterocycles. The molecule has 7 heteroatoms. The molecule has 4 rings (SSSR count). The van der Waals surface area contributed by atoms with Gasteiger partial charge in [0.2, 0.25) is 5.91 Å². The summed E-state index contributed by atoms with van der Waals surface area (Å²) in [4.78, 5) is 27.0. The molecule has 154 valence electrons. The minimum atomic E-state index is -0.296. The molecule has 1 aromatic heterocycles. The lowest BCUT2D eigenvalue weighted by Crippen LogP contribution is -2.33. The second-order valence-corrected chi connectivity index (χ2v) is 7.47. The summed E-state index contributed by atoms with van der Waals surface area (Å²) in [6.07, 6.45) is 2.39. The van der Waals surface area contributed by atoms with Crippen LogP contribution in [0.15, 0.2) is 71.7 Å². The van der Waals surface area contributed by atoms with Crippen molar-refractivity contribution in [3.8, 4) is 0 Å². The molecule has 0 aliphatic carbocycles. The van der Waals surface area contributed by atoms with Crippen LogP contribution >= 0.6 is 0 Å². The number of carbonyl (C=O) groups excluding carboxylic acids is 1. The summed E-state index contributed by atoms with van der Waals surface area (Å²) in [6.45, 7) is 2.03. The van der Waals surface area contributed by atoms with Crippen LogP contribution in [0.1, 0.15) is 17.5 Å². The van der Waals surface area contributed by atoms with Crippen molar-refractivity contribution in [1.29, 1.82) is 0 Å². The van der Waals surface area contributed by atoms with Gasteiger partial charge in [-0.2, -0.15) is 5.10 Å².